The van der Waals surface area contributed by atoms with Gasteiger partial charge in [0.15, 0.2) is 11.3 Å². The molecule has 10 heteroatoms. The summed E-state index contributed by atoms with van der Waals surface area (Å²) in [5.74, 6) is 0.366. The fourth-order valence-corrected chi connectivity index (χ4v) is 6.47. The van der Waals surface area contributed by atoms with Crippen molar-refractivity contribution in [2.75, 3.05) is 13.2 Å². The van der Waals surface area contributed by atoms with Gasteiger partial charge in [-0.1, -0.05) is 24.3 Å². The highest BCUT2D eigenvalue weighted by Crippen LogP contribution is 2.32. The van der Waals surface area contributed by atoms with E-state index in [2.05, 4.69) is 21.5 Å². The van der Waals surface area contributed by atoms with E-state index in [9.17, 15) is 13.2 Å². The first-order chi connectivity index (χ1) is 18.7. The maximum Gasteiger partial charge on any atom is 0.327 e. The second kappa shape index (κ2) is 9.62. The van der Waals surface area contributed by atoms with Crippen LogP contribution in [-0.4, -0.2) is 45.1 Å². The Bertz CT molecular complexity index is 1890. The van der Waals surface area contributed by atoms with Crippen molar-refractivity contribution < 1.29 is 13.2 Å². The van der Waals surface area contributed by atoms with E-state index >= 15 is 0 Å². The van der Waals surface area contributed by atoms with Crippen LogP contribution in [0.5, 0.6) is 0 Å². The molecule has 200 valence electrons. The molecule has 0 saturated carbocycles. The molecule has 0 radical (unpaired) electrons. The SMILES string of the molecule is C=C(C)c1cn(S(=O)(=O)c2ccc(C)cc2)c2ncc(-c3cnc4[nH]c(=O)n(CC5CCOCC5)c4c3)cc12. The topological polar surface area (TPSA) is 112 Å². The van der Waals surface area contributed by atoms with Gasteiger partial charge in [0, 0.05) is 60.4 Å². The van der Waals surface area contributed by atoms with Gasteiger partial charge in [0.25, 0.3) is 10.0 Å². The lowest BCUT2D eigenvalue weighted by Crippen LogP contribution is -2.25. The minimum atomic E-state index is -3.87. The molecule has 1 aliphatic heterocycles. The van der Waals surface area contributed by atoms with Crippen molar-refractivity contribution in [3.63, 3.8) is 0 Å². The van der Waals surface area contributed by atoms with E-state index in [1.165, 1.54) is 3.97 Å². The number of nitrogens with one attached hydrogen (secondary N) is 1. The maximum atomic E-state index is 13.5. The summed E-state index contributed by atoms with van der Waals surface area (Å²) in [5, 5.41) is 0.671. The average molecular weight is 544 g/mol. The molecule has 6 rings (SSSR count). The van der Waals surface area contributed by atoms with Crippen molar-refractivity contribution in [1.82, 2.24) is 23.5 Å². The summed E-state index contributed by atoms with van der Waals surface area (Å²) >= 11 is 0. The van der Waals surface area contributed by atoms with Gasteiger partial charge in [-0.25, -0.2) is 27.2 Å². The van der Waals surface area contributed by atoms with Gasteiger partial charge in [-0.15, -0.1) is 0 Å². The van der Waals surface area contributed by atoms with E-state index in [0.717, 1.165) is 40.6 Å². The highest BCUT2D eigenvalue weighted by molar-refractivity contribution is 7.90. The van der Waals surface area contributed by atoms with Gasteiger partial charge < -0.3 is 4.74 Å². The number of nitrogens with zero attached hydrogens (tertiary/aromatic N) is 4. The summed E-state index contributed by atoms with van der Waals surface area (Å²) in [6.07, 6.45) is 6.75. The lowest BCUT2D eigenvalue weighted by atomic mass is 10.0. The highest BCUT2D eigenvalue weighted by Gasteiger charge is 2.23. The van der Waals surface area contributed by atoms with Crippen molar-refractivity contribution in [1.29, 1.82) is 0 Å². The molecule has 0 aliphatic carbocycles. The summed E-state index contributed by atoms with van der Waals surface area (Å²) in [5.41, 5.74) is 5.33. The molecule has 5 heterocycles. The van der Waals surface area contributed by atoms with Crippen LogP contribution >= 0.6 is 0 Å². The molecule has 0 amide bonds. The zero-order valence-electron chi connectivity index (χ0n) is 21.8. The molecular formula is C29H29N5O4S. The number of hydrogen-bond acceptors (Lipinski definition) is 6. The molecule has 1 saturated heterocycles. The molecule has 1 aliphatic rings. The van der Waals surface area contributed by atoms with E-state index in [0.29, 0.717) is 47.9 Å². The molecule has 5 aromatic rings. The minimum Gasteiger partial charge on any atom is -0.381 e. The zero-order chi connectivity index (χ0) is 27.3. The molecule has 0 bridgehead atoms. The van der Waals surface area contributed by atoms with Gasteiger partial charge in [-0.3, -0.25) is 9.55 Å². The predicted octanol–water partition coefficient (Wildman–Crippen LogP) is 4.75. The van der Waals surface area contributed by atoms with Crippen molar-refractivity contribution in [3.8, 4) is 11.1 Å². The monoisotopic (exact) mass is 543 g/mol. The number of fused-ring (bicyclic) bond motifs is 2. The number of rotatable bonds is 6. The number of aryl methyl sites for hydroxylation is 1. The van der Waals surface area contributed by atoms with Gasteiger partial charge in [-0.05, 0) is 62.4 Å². The number of pyridine rings is 2. The summed E-state index contributed by atoms with van der Waals surface area (Å²) in [7, 11) is -3.87. The van der Waals surface area contributed by atoms with Crippen molar-refractivity contribution >= 4 is 37.8 Å². The number of ether oxygens (including phenoxy) is 1. The van der Waals surface area contributed by atoms with Crippen LogP contribution < -0.4 is 5.69 Å². The third-order valence-electron chi connectivity index (χ3n) is 7.39. The molecule has 0 atom stereocenters. The Hall–Kier alpha value is -4.02. The van der Waals surface area contributed by atoms with Crippen molar-refractivity contribution in [2.45, 2.75) is 38.1 Å². The Morgan fingerprint density at radius 2 is 1.79 bits per heavy atom. The Morgan fingerprint density at radius 1 is 1.10 bits per heavy atom. The Morgan fingerprint density at radius 3 is 2.51 bits per heavy atom. The number of aromatic nitrogens is 5. The smallest absolute Gasteiger partial charge is 0.327 e. The van der Waals surface area contributed by atoms with E-state index < -0.39 is 10.0 Å². The number of imidazole rings is 1. The lowest BCUT2D eigenvalue weighted by molar-refractivity contribution is 0.0613. The Kier molecular flexibility index (Phi) is 6.23. The molecule has 1 fully saturated rings. The standard InChI is InChI=1S/C29H29N5O4S/c1-18(2)25-17-34(39(36,37)23-6-4-19(3)5-7-23)28-24(25)12-21(15-31-28)22-13-26-27(30-14-22)32-29(35)33(26)16-20-8-10-38-11-9-20/h4-7,12-15,17,20H,1,8-11,16H2,2-3H3,(H,30,32,35). The molecular weight excluding hydrogens is 514 g/mol. The van der Waals surface area contributed by atoms with Crippen LogP contribution in [0.15, 0.2) is 71.3 Å². The number of hydrogen-bond donors (Lipinski definition) is 1. The predicted molar refractivity (Wildman–Crippen MR) is 151 cm³/mol. The third-order valence-corrected chi connectivity index (χ3v) is 9.06. The Balaban J connectivity index is 1.45. The fourth-order valence-electron chi connectivity index (χ4n) is 5.14. The first-order valence-corrected chi connectivity index (χ1v) is 14.3. The second-order valence-electron chi connectivity index (χ2n) is 10.2. The number of aromatic amines is 1. The molecule has 39 heavy (non-hydrogen) atoms. The van der Waals surface area contributed by atoms with E-state index in [1.54, 1.807) is 47.4 Å². The summed E-state index contributed by atoms with van der Waals surface area (Å²) < 4.78 is 35.5. The van der Waals surface area contributed by atoms with Gasteiger partial charge in [0.2, 0.25) is 0 Å². The van der Waals surface area contributed by atoms with Crippen LogP contribution in [-0.2, 0) is 21.3 Å². The van der Waals surface area contributed by atoms with Gasteiger partial charge in [-0.2, -0.15) is 0 Å². The van der Waals surface area contributed by atoms with E-state index in [-0.39, 0.29) is 10.6 Å². The maximum absolute atomic E-state index is 13.5. The van der Waals surface area contributed by atoms with E-state index in [1.807, 2.05) is 26.0 Å². The van der Waals surface area contributed by atoms with Crippen LogP contribution in [0.25, 0.3) is 38.9 Å². The van der Waals surface area contributed by atoms with Crippen LogP contribution in [0.4, 0.5) is 0 Å². The summed E-state index contributed by atoms with van der Waals surface area (Å²) in [6.45, 7) is 9.84. The number of allylic oxidation sites excluding steroid dienone is 1. The van der Waals surface area contributed by atoms with Crippen molar-refractivity contribution in [2.24, 2.45) is 5.92 Å². The molecule has 4 aromatic heterocycles. The molecule has 1 aromatic carbocycles. The van der Waals surface area contributed by atoms with Crippen LogP contribution in [0.2, 0.25) is 0 Å². The summed E-state index contributed by atoms with van der Waals surface area (Å²) in [6, 6.07) is 10.6. The quantitative estimate of drug-likeness (QED) is 0.331. The van der Waals surface area contributed by atoms with Crippen LogP contribution in [0.1, 0.15) is 30.9 Å². The second-order valence-corrected chi connectivity index (χ2v) is 12.0. The first-order valence-electron chi connectivity index (χ1n) is 12.9. The highest BCUT2D eigenvalue weighted by atomic mass is 32.2. The zero-order valence-corrected chi connectivity index (χ0v) is 22.7. The normalized spacial score (nSPS) is 14.8. The van der Waals surface area contributed by atoms with Gasteiger partial charge in [0.1, 0.15) is 0 Å². The molecule has 0 spiro atoms. The molecule has 9 nitrogen and oxygen atoms in total. The third kappa shape index (κ3) is 4.49. The molecule has 0 unspecified atom stereocenters. The van der Waals surface area contributed by atoms with Crippen molar-refractivity contribution in [3.05, 3.63) is 83.2 Å². The van der Waals surface area contributed by atoms with Crippen LogP contribution in [0, 0.1) is 12.8 Å². The van der Waals surface area contributed by atoms with Crippen LogP contribution in [0.3, 0.4) is 0 Å². The number of benzene rings is 1. The Labute approximate surface area is 225 Å². The summed E-state index contributed by atoms with van der Waals surface area (Å²) in [4.78, 5) is 24.9. The number of H-pyrrole nitrogens is 1. The first kappa shape index (κ1) is 25.3. The minimum absolute atomic E-state index is 0.183. The lowest BCUT2D eigenvalue weighted by Gasteiger charge is -2.22. The fraction of sp³-hybridized carbons (Fsp3) is 0.276. The molecule has 1 N–H and O–H groups in total. The average Bonchev–Trinajstić information content (AvgIpc) is 3.47. The largest absolute Gasteiger partial charge is 0.381 e. The van der Waals surface area contributed by atoms with Gasteiger partial charge in [0.05, 0.1) is 10.4 Å². The van der Waals surface area contributed by atoms with E-state index in [4.69, 9.17) is 4.74 Å². The van der Waals surface area contributed by atoms with Gasteiger partial charge >= 0.3 is 5.69 Å².